The summed E-state index contributed by atoms with van der Waals surface area (Å²) in [5, 5.41) is 13.6. The largest absolute Gasteiger partial charge is 0.491 e. The summed E-state index contributed by atoms with van der Waals surface area (Å²) in [5.74, 6) is 1.57. The first kappa shape index (κ1) is 14.5. The summed E-state index contributed by atoms with van der Waals surface area (Å²) in [6.07, 6.45) is 4.59. The van der Waals surface area contributed by atoms with E-state index in [-0.39, 0.29) is 6.61 Å². The monoisotopic (exact) mass is 304 g/mol. The molecule has 21 heavy (non-hydrogen) atoms. The topological polar surface area (TPSA) is 54.4 Å². The number of hydrogen-bond donors (Lipinski definition) is 2. The average Bonchev–Trinajstić information content (AvgIpc) is 3.26. The van der Waals surface area contributed by atoms with Gasteiger partial charge >= 0.3 is 0 Å². The molecule has 0 saturated heterocycles. The van der Waals surface area contributed by atoms with E-state index < -0.39 is 0 Å². The van der Waals surface area contributed by atoms with Crippen LogP contribution < -0.4 is 10.1 Å². The van der Waals surface area contributed by atoms with Crippen molar-refractivity contribution in [1.82, 2.24) is 10.3 Å². The van der Waals surface area contributed by atoms with Gasteiger partial charge in [-0.15, -0.1) is 11.3 Å². The SMILES string of the molecule is OCCOc1ccccc1CNCc1cnc(C2CC2)s1. The molecule has 1 aromatic heterocycles. The van der Waals surface area contributed by atoms with Crippen LogP contribution in [0.5, 0.6) is 5.75 Å². The number of benzene rings is 1. The summed E-state index contributed by atoms with van der Waals surface area (Å²) in [7, 11) is 0. The fourth-order valence-corrected chi connectivity index (χ4v) is 3.25. The number of aliphatic hydroxyl groups excluding tert-OH is 1. The van der Waals surface area contributed by atoms with Crippen LogP contribution in [0.4, 0.5) is 0 Å². The van der Waals surface area contributed by atoms with E-state index >= 15 is 0 Å². The Morgan fingerprint density at radius 2 is 2.14 bits per heavy atom. The van der Waals surface area contributed by atoms with Crippen LogP contribution in [0, 0.1) is 0 Å². The second kappa shape index (κ2) is 7.02. The van der Waals surface area contributed by atoms with Crippen LogP contribution in [0.1, 0.15) is 34.2 Å². The summed E-state index contributed by atoms with van der Waals surface area (Å²) in [5.41, 5.74) is 1.11. The third-order valence-corrected chi connectivity index (χ3v) is 4.59. The number of hydrogen-bond acceptors (Lipinski definition) is 5. The van der Waals surface area contributed by atoms with Crippen molar-refractivity contribution < 1.29 is 9.84 Å². The Labute approximate surface area is 128 Å². The molecule has 1 fully saturated rings. The maximum atomic E-state index is 8.85. The van der Waals surface area contributed by atoms with E-state index in [1.807, 2.05) is 41.8 Å². The zero-order valence-corrected chi connectivity index (χ0v) is 12.7. The van der Waals surface area contributed by atoms with Crippen LogP contribution in [0.2, 0.25) is 0 Å². The molecule has 1 aliphatic rings. The molecule has 0 aliphatic heterocycles. The van der Waals surface area contributed by atoms with Gasteiger partial charge in [-0.25, -0.2) is 4.98 Å². The summed E-state index contributed by atoms with van der Waals surface area (Å²) in [6, 6.07) is 7.93. The Morgan fingerprint density at radius 1 is 1.29 bits per heavy atom. The van der Waals surface area contributed by atoms with Gasteiger partial charge in [0.25, 0.3) is 0 Å². The Hall–Kier alpha value is -1.43. The molecule has 1 saturated carbocycles. The molecule has 2 N–H and O–H groups in total. The van der Waals surface area contributed by atoms with Crippen molar-refractivity contribution in [3.05, 3.63) is 45.9 Å². The van der Waals surface area contributed by atoms with Crippen molar-refractivity contribution in [1.29, 1.82) is 0 Å². The van der Waals surface area contributed by atoms with Gasteiger partial charge in [0.15, 0.2) is 0 Å². The second-order valence-electron chi connectivity index (χ2n) is 5.22. The lowest BCUT2D eigenvalue weighted by atomic mass is 10.2. The Morgan fingerprint density at radius 3 is 2.95 bits per heavy atom. The van der Waals surface area contributed by atoms with Crippen molar-refractivity contribution in [2.45, 2.75) is 31.8 Å². The Balaban J connectivity index is 1.52. The van der Waals surface area contributed by atoms with Gasteiger partial charge in [0.1, 0.15) is 12.4 Å². The standard InChI is InChI=1S/C16H20N2O2S/c19-7-8-20-15-4-2-1-3-13(15)9-17-10-14-11-18-16(21-14)12-5-6-12/h1-4,11-12,17,19H,5-10H2. The zero-order valence-electron chi connectivity index (χ0n) is 11.9. The minimum absolute atomic E-state index is 0.0343. The van der Waals surface area contributed by atoms with E-state index in [1.54, 1.807) is 0 Å². The molecule has 1 heterocycles. The molecule has 0 unspecified atom stereocenters. The number of nitrogens with zero attached hydrogens (tertiary/aromatic N) is 1. The number of thiazole rings is 1. The minimum Gasteiger partial charge on any atom is -0.491 e. The minimum atomic E-state index is 0.0343. The van der Waals surface area contributed by atoms with Crippen molar-refractivity contribution in [3.8, 4) is 5.75 Å². The highest BCUT2D eigenvalue weighted by Crippen LogP contribution is 2.41. The maximum absolute atomic E-state index is 8.85. The van der Waals surface area contributed by atoms with Gasteiger partial charge < -0.3 is 15.2 Å². The predicted octanol–water partition coefficient (Wildman–Crippen LogP) is 2.68. The molecule has 0 radical (unpaired) electrons. The summed E-state index contributed by atoms with van der Waals surface area (Å²) >= 11 is 1.82. The summed E-state index contributed by atoms with van der Waals surface area (Å²) < 4.78 is 5.53. The third kappa shape index (κ3) is 4.03. The molecule has 0 amide bonds. The molecule has 0 atom stereocenters. The van der Waals surface area contributed by atoms with Crippen molar-refractivity contribution in [2.75, 3.05) is 13.2 Å². The fourth-order valence-electron chi connectivity index (χ4n) is 2.19. The van der Waals surface area contributed by atoms with Gasteiger partial charge in [-0.05, 0) is 18.9 Å². The first-order chi connectivity index (χ1) is 10.4. The lowest BCUT2D eigenvalue weighted by Gasteiger charge is -2.10. The van der Waals surface area contributed by atoms with Gasteiger partial charge in [0, 0.05) is 35.6 Å². The molecule has 5 heteroatoms. The third-order valence-electron chi connectivity index (χ3n) is 3.43. The van der Waals surface area contributed by atoms with E-state index in [1.165, 1.54) is 22.7 Å². The highest BCUT2D eigenvalue weighted by atomic mass is 32.1. The Kier molecular flexibility index (Phi) is 4.85. The first-order valence-electron chi connectivity index (χ1n) is 7.33. The van der Waals surface area contributed by atoms with E-state index in [0.717, 1.165) is 30.3 Å². The number of para-hydroxylation sites is 1. The quantitative estimate of drug-likeness (QED) is 0.787. The molecule has 1 aromatic carbocycles. The highest BCUT2D eigenvalue weighted by molar-refractivity contribution is 7.11. The number of aromatic nitrogens is 1. The van der Waals surface area contributed by atoms with Crippen LogP contribution in [0.15, 0.2) is 30.5 Å². The summed E-state index contributed by atoms with van der Waals surface area (Å²) in [6.45, 7) is 1.94. The summed E-state index contributed by atoms with van der Waals surface area (Å²) in [4.78, 5) is 5.77. The normalized spacial score (nSPS) is 14.3. The molecule has 0 bridgehead atoms. The number of aliphatic hydroxyl groups is 1. The molecule has 4 nitrogen and oxygen atoms in total. The van der Waals surface area contributed by atoms with E-state index in [4.69, 9.17) is 9.84 Å². The van der Waals surface area contributed by atoms with Gasteiger partial charge in [0.05, 0.1) is 11.6 Å². The van der Waals surface area contributed by atoms with Gasteiger partial charge in [-0.2, -0.15) is 0 Å². The zero-order chi connectivity index (χ0) is 14.5. The molecule has 0 spiro atoms. The molecule has 1 aliphatic carbocycles. The van der Waals surface area contributed by atoms with Crippen LogP contribution in [0.3, 0.4) is 0 Å². The first-order valence-corrected chi connectivity index (χ1v) is 8.15. The van der Waals surface area contributed by atoms with E-state index in [9.17, 15) is 0 Å². The lowest BCUT2D eigenvalue weighted by Crippen LogP contribution is -2.13. The number of rotatable bonds is 8. The highest BCUT2D eigenvalue weighted by Gasteiger charge is 2.26. The molecule has 2 aromatic rings. The fraction of sp³-hybridized carbons (Fsp3) is 0.438. The second-order valence-corrected chi connectivity index (χ2v) is 6.37. The van der Waals surface area contributed by atoms with E-state index in [2.05, 4.69) is 10.3 Å². The molecule has 112 valence electrons. The van der Waals surface area contributed by atoms with Crippen LogP contribution >= 0.6 is 11.3 Å². The molecular weight excluding hydrogens is 284 g/mol. The van der Waals surface area contributed by atoms with Gasteiger partial charge in [-0.3, -0.25) is 0 Å². The smallest absolute Gasteiger partial charge is 0.123 e. The van der Waals surface area contributed by atoms with Crippen molar-refractivity contribution in [2.24, 2.45) is 0 Å². The average molecular weight is 304 g/mol. The molecular formula is C16H20N2O2S. The van der Waals surface area contributed by atoms with Gasteiger partial charge in [0.2, 0.25) is 0 Å². The van der Waals surface area contributed by atoms with E-state index in [0.29, 0.717) is 6.61 Å². The van der Waals surface area contributed by atoms with Crippen molar-refractivity contribution in [3.63, 3.8) is 0 Å². The van der Waals surface area contributed by atoms with Crippen LogP contribution in [0.25, 0.3) is 0 Å². The van der Waals surface area contributed by atoms with Crippen LogP contribution in [-0.4, -0.2) is 23.3 Å². The lowest BCUT2D eigenvalue weighted by molar-refractivity contribution is 0.200. The predicted molar refractivity (Wildman–Crippen MR) is 83.7 cm³/mol. The molecule has 3 rings (SSSR count). The van der Waals surface area contributed by atoms with Gasteiger partial charge in [-0.1, -0.05) is 18.2 Å². The number of nitrogens with one attached hydrogen (secondary N) is 1. The van der Waals surface area contributed by atoms with Crippen molar-refractivity contribution >= 4 is 11.3 Å². The maximum Gasteiger partial charge on any atom is 0.123 e. The van der Waals surface area contributed by atoms with Crippen LogP contribution in [-0.2, 0) is 13.1 Å². The Bertz CT molecular complexity index is 581. The number of ether oxygens (including phenoxy) is 1.